The van der Waals surface area contributed by atoms with Crippen molar-refractivity contribution in [2.75, 3.05) is 16.8 Å². The van der Waals surface area contributed by atoms with Gasteiger partial charge in [-0.15, -0.1) is 11.3 Å². The highest BCUT2D eigenvalue weighted by atomic mass is 32.1. The van der Waals surface area contributed by atoms with Crippen LogP contribution in [0.3, 0.4) is 0 Å². The van der Waals surface area contributed by atoms with Crippen LogP contribution >= 0.6 is 11.3 Å². The Morgan fingerprint density at radius 3 is 2.32 bits per heavy atom. The lowest BCUT2D eigenvalue weighted by Gasteiger charge is -2.21. The summed E-state index contributed by atoms with van der Waals surface area (Å²) < 4.78 is 0. The topological polar surface area (TPSA) is 69.7 Å². The van der Waals surface area contributed by atoms with E-state index < -0.39 is 6.04 Å². The first-order valence-corrected chi connectivity index (χ1v) is 11.0. The molecule has 2 aromatic carbocycles. The van der Waals surface area contributed by atoms with E-state index in [4.69, 9.17) is 0 Å². The van der Waals surface area contributed by atoms with E-state index in [1.165, 1.54) is 20.2 Å². The Bertz CT molecular complexity index is 1080. The molecule has 3 aromatic rings. The van der Waals surface area contributed by atoms with Crippen molar-refractivity contribution in [3.8, 4) is 0 Å². The van der Waals surface area contributed by atoms with Crippen LogP contribution in [0.25, 0.3) is 0 Å². The van der Waals surface area contributed by atoms with E-state index in [-0.39, 0.29) is 24.3 Å². The van der Waals surface area contributed by atoms with Gasteiger partial charge in [0.15, 0.2) is 0 Å². The molecule has 1 aromatic heterocycles. The zero-order valence-corrected chi connectivity index (χ0v) is 18.0. The third-order valence-electron chi connectivity index (χ3n) is 5.32. The van der Waals surface area contributed by atoms with Crippen LogP contribution in [0.15, 0.2) is 72.1 Å². The van der Waals surface area contributed by atoms with E-state index in [0.29, 0.717) is 24.3 Å². The molecule has 158 valence electrons. The fraction of sp³-hybridized carbons (Fsp3) is 0.208. The number of urea groups is 1. The van der Waals surface area contributed by atoms with Gasteiger partial charge in [0, 0.05) is 17.1 Å². The highest BCUT2D eigenvalue weighted by molar-refractivity contribution is 7.10. The van der Waals surface area contributed by atoms with E-state index >= 15 is 0 Å². The van der Waals surface area contributed by atoms with E-state index in [2.05, 4.69) is 5.32 Å². The molecule has 0 aliphatic carbocycles. The van der Waals surface area contributed by atoms with Gasteiger partial charge in [0.25, 0.3) is 5.91 Å². The summed E-state index contributed by atoms with van der Waals surface area (Å²) in [5.41, 5.74) is 2.34. The van der Waals surface area contributed by atoms with Crippen molar-refractivity contribution in [2.24, 2.45) is 0 Å². The number of benzene rings is 2. The molecule has 4 amide bonds. The quantitative estimate of drug-likeness (QED) is 0.559. The molecule has 4 rings (SSSR count). The number of nitrogens with zero attached hydrogens (tertiary/aromatic N) is 2. The van der Waals surface area contributed by atoms with Gasteiger partial charge < -0.3 is 10.2 Å². The maximum Gasteiger partial charge on any atom is 0.332 e. The Morgan fingerprint density at radius 2 is 1.68 bits per heavy atom. The number of para-hydroxylation sites is 2. The monoisotopic (exact) mass is 433 g/mol. The number of carbonyl (C=O) groups is 3. The molecular weight excluding hydrogens is 410 g/mol. The molecule has 1 atom stereocenters. The lowest BCUT2D eigenvalue weighted by atomic mass is 10.1. The van der Waals surface area contributed by atoms with Crippen LogP contribution in [0.4, 0.5) is 16.2 Å². The number of aryl methyl sites for hydroxylation is 1. The maximum atomic E-state index is 13.2. The van der Waals surface area contributed by atoms with Gasteiger partial charge in [0.2, 0.25) is 5.91 Å². The molecule has 1 N–H and O–H groups in total. The number of rotatable bonds is 7. The van der Waals surface area contributed by atoms with Crippen LogP contribution in [0.2, 0.25) is 0 Å². The first-order chi connectivity index (χ1) is 15.0. The molecule has 2 heterocycles. The SMILES string of the molecule is Cc1ccsc1CCN1C(=O)N(c2ccccc2)C(=O)C1CC(=O)Nc1ccccc1. The molecule has 1 aliphatic heterocycles. The summed E-state index contributed by atoms with van der Waals surface area (Å²) in [4.78, 5) is 43.0. The third-order valence-corrected chi connectivity index (χ3v) is 6.40. The number of imide groups is 1. The Kier molecular flexibility index (Phi) is 6.13. The summed E-state index contributed by atoms with van der Waals surface area (Å²) in [6.45, 7) is 2.41. The van der Waals surface area contributed by atoms with Gasteiger partial charge in [-0.1, -0.05) is 36.4 Å². The van der Waals surface area contributed by atoms with Crippen LogP contribution in [-0.2, 0) is 16.0 Å². The number of hydrogen-bond donors (Lipinski definition) is 1. The molecule has 0 saturated carbocycles. The van der Waals surface area contributed by atoms with E-state index in [9.17, 15) is 14.4 Å². The van der Waals surface area contributed by atoms with Crippen molar-refractivity contribution in [3.63, 3.8) is 0 Å². The Hall–Kier alpha value is -3.45. The minimum atomic E-state index is -0.836. The molecule has 0 spiro atoms. The fourth-order valence-corrected chi connectivity index (χ4v) is 4.59. The standard InChI is InChI=1S/C24H23N3O3S/c1-17-13-15-31-21(17)12-14-26-20(16-22(28)25-18-8-4-2-5-9-18)23(29)27(24(26)30)19-10-6-3-7-11-19/h2-11,13,15,20H,12,14,16H2,1H3,(H,25,28). The number of anilines is 2. The van der Waals surface area contributed by atoms with Crippen molar-refractivity contribution in [3.05, 3.63) is 82.6 Å². The summed E-state index contributed by atoms with van der Waals surface area (Å²) >= 11 is 1.63. The normalized spacial score (nSPS) is 16.1. The van der Waals surface area contributed by atoms with E-state index in [1.807, 2.05) is 42.6 Å². The van der Waals surface area contributed by atoms with Gasteiger partial charge in [0.1, 0.15) is 6.04 Å². The molecule has 1 unspecified atom stereocenters. The number of thiophene rings is 1. The Balaban J connectivity index is 1.55. The maximum absolute atomic E-state index is 13.2. The summed E-state index contributed by atoms with van der Waals surface area (Å²) in [5, 5.41) is 4.83. The second kappa shape index (κ2) is 9.14. The van der Waals surface area contributed by atoms with Crippen molar-refractivity contribution in [1.82, 2.24) is 4.90 Å². The molecule has 1 saturated heterocycles. The minimum absolute atomic E-state index is 0.0910. The number of nitrogens with one attached hydrogen (secondary N) is 1. The predicted octanol–water partition coefficient (Wildman–Crippen LogP) is 4.47. The summed E-state index contributed by atoms with van der Waals surface area (Å²) in [5.74, 6) is -0.674. The smallest absolute Gasteiger partial charge is 0.326 e. The zero-order chi connectivity index (χ0) is 21.8. The van der Waals surface area contributed by atoms with Crippen LogP contribution < -0.4 is 10.2 Å². The first kappa shape index (κ1) is 20.8. The minimum Gasteiger partial charge on any atom is -0.326 e. The molecular formula is C24H23N3O3S. The van der Waals surface area contributed by atoms with Crippen LogP contribution in [0, 0.1) is 6.92 Å². The largest absolute Gasteiger partial charge is 0.332 e. The fourth-order valence-electron chi connectivity index (χ4n) is 3.69. The first-order valence-electron chi connectivity index (χ1n) is 10.1. The number of carbonyl (C=O) groups excluding carboxylic acids is 3. The predicted molar refractivity (Wildman–Crippen MR) is 122 cm³/mol. The van der Waals surface area contributed by atoms with E-state index in [1.54, 1.807) is 47.7 Å². The van der Waals surface area contributed by atoms with Gasteiger partial charge >= 0.3 is 6.03 Å². The molecule has 0 bridgehead atoms. The van der Waals surface area contributed by atoms with Gasteiger partial charge in [-0.25, -0.2) is 9.69 Å². The van der Waals surface area contributed by atoms with Crippen molar-refractivity contribution < 1.29 is 14.4 Å². The van der Waals surface area contributed by atoms with Crippen LogP contribution in [0.1, 0.15) is 16.9 Å². The van der Waals surface area contributed by atoms with Gasteiger partial charge in [0.05, 0.1) is 12.1 Å². The molecule has 1 aliphatic rings. The molecule has 6 nitrogen and oxygen atoms in total. The summed E-state index contributed by atoms with van der Waals surface area (Å²) in [7, 11) is 0. The zero-order valence-electron chi connectivity index (χ0n) is 17.2. The third kappa shape index (κ3) is 4.51. The lowest BCUT2D eigenvalue weighted by molar-refractivity contribution is -0.124. The Labute approximate surface area is 185 Å². The van der Waals surface area contributed by atoms with Gasteiger partial charge in [-0.3, -0.25) is 9.59 Å². The molecule has 1 fully saturated rings. The molecule has 7 heteroatoms. The highest BCUT2D eigenvalue weighted by Gasteiger charge is 2.46. The van der Waals surface area contributed by atoms with Crippen molar-refractivity contribution >= 4 is 40.6 Å². The molecule has 31 heavy (non-hydrogen) atoms. The van der Waals surface area contributed by atoms with Gasteiger partial charge in [-0.2, -0.15) is 0 Å². The second-order valence-corrected chi connectivity index (χ2v) is 8.40. The molecule has 0 radical (unpaired) electrons. The average molecular weight is 434 g/mol. The average Bonchev–Trinajstić information content (AvgIpc) is 3.28. The summed E-state index contributed by atoms with van der Waals surface area (Å²) in [6.07, 6.45) is 0.550. The Morgan fingerprint density at radius 1 is 1.00 bits per heavy atom. The second-order valence-electron chi connectivity index (χ2n) is 7.40. The van der Waals surface area contributed by atoms with Crippen molar-refractivity contribution in [1.29, 1.82) is 0 Å². The highest BCUT2D eigenvalue weighted by Crippen LogP contribution is 2.28. The number of amides is 4. The van der Waals surface area contributed by atoms with Crippen molar-refractivity contribution in [2.45, 2.75) is 25.8 Å². The lowest BCUT2D eigenvalue weighted by Crippen LogP contribution is -2.39. The van der Waals surface area contributed by atoms with Crippen LogP contribution in [0.5, 0.6) is 0 Å². The van der Waals surface area contributed by atoms with E-state index in [0.717, 1.165) is 0 Å². The number of hydrogen-bond acceptors (Lipinski definition) is 4. The van der Waals surface area contributed by atoms with Crippen LogP contribution in [-0.4, -0.2) is 35.3 Å². The van der Waals surface area contributed by atoms with Gasteiger partial charge in [-0.05, 0) is 54.6 Å². The summed E-state index contributed by atoms with van der Waals surface area (Å²) in [6, 6.07) is 18.7.